The molecule has 0 aliphatic carbocycles. The van der Waals surface area contributed by atoms with Crippen molar-refractivity contribution in [1.29, 1.82) is 0 Å². The maximum atomic E-state index is 14.3. The molecule has 3 aromatic carbocycles. The summed E-state index contributed by atoms with van der Waals surface area (Å²) in [6.45, 7) is 20.4. The van der Waals surface area contributed by atoms with Crippen molar-refractivity contribution < 1.29 is 9.53 Å². The van der Waals surface area contributed by atoms with Crippen LogP contribution in [0.3, 0.4) is 0 Å². The summed E-state index contributed by atoms with van der Waals surface area (Å²) in [7, 11) is 1.83. The maximum absolute atomic E-state index is 14.3. The fourth-order valence-corrected chi connectivity index (χ4v) is 6.51. The molecule has 1 aliphatic heterocycles. The highest BCUT2D eigenvalue weighted by Gasteiger charge is 2.41. The molecule has 0 amide bonds. The van der Waals surface area contributed by atoms with Crippen molar-refractivity contribution in [2.75, 3.05) is 7.05 Å². The standard InChI is InChI=1S/C34H41NO2.C6H10/c1-23-13-16-26(17-14-23)31(30(36)20-25-21-33(3,4)37-34(5,6)22-25)29-19-24(2)15-18-28(29)32(35-7)27-11-9-8-10-12-27;1-4-5-6(2)3/h8-19,25,31H,20-22H2,1-7H3;4-5H,1H2,2-3H3. The van der Waals surface area contributed by atoms with E-state index in [0.717, 1.165) is 46.4 Å². The van der Waals surface area contributed by atoms with Gasteiger partial charge in [0.1, 0.15) is 5.78 Å². The summed E-state index contributed by atoms with van der Waals surface area (Å²) in [5.74, 6) is 0.184. The molecular formula is C40H51NO2. The van der Waals surface area contributed by atoms with Gasteiger partial charge in [0, 0.05) is 24.6 Å². The van der Waals surface area contributed by atoms with Crippen LogP contribution in [0.4, 0.5) is 0 Å². The third kappa shape index (κ3) is 9.73. The largest absolute Gasteiger partial charge is 0.370 e. The van der Waals surface area contributed by atoms with Crippen LogP contribution in [-0.2, 0) is 9.53 Å². The molecule has 0 spiro atoms. The summed E-state index contributed by atoms with van der Waals surface area (Å²) in [6.07, 6.45) is 6.06. The molecule has 3 heteroatoms. The van der Waals surface area contributed by atoms with Crippen LogP contribution >= 0.6 is 0 Å². The van der Waals surface area contributed by atoms with Crippen molar-refractivity contribution in [1.82, 2.24) is 0 Å². The number of ether oxygens (including phenoxy) is 1. The summed E-state index contributed by atoms with van der Waals surface area (Å²) in [5.41, 5.74) is 8.20. The lowest BCUT2D eigenvalue weighted by Crippen LogP contribution is -2.45. The third-order valence-electron chi connectivity index (χ3n) is 7.83. The van der Waals surface area contributed by atoms with Gasteiger partial charge in [0.05, 0.1) is 22.8 Å². The Hall–Kier alpha value is -3.56. The number of benzene rings is 3. The zero-order chi connectivity index (χ0) is 31.8. The summed E-state index contributed by atoms with van der Waals surface area (Å²) in [4.78, 5) is 19.1. The maximum Gasteiger partial charge on any atom is 0.145 e. The predicted molar refractivity (Wildman–Crippen MR) is 183 cm³/mol. The van der Waals surface area contributed by atoms with Crippen LogP contribution in [0.1, 0.15) is 100 Å². The van der Waals surface area contributed by atoms with Crippen LogP contribution in [0.2, 0.25) is 0 Å². The van der Waals surface area contributed by atoms with Crippen LogP contribution in [0, 0.1) is 19.8 Å². The Labute approximate surface area is 260 Å². The van der Waals surface area contributed by atoms with E-state index in [4.69, 9.17) is 9.73 Å². The van der Waals surface area contributed by atoms with Gasteiger partial charge >= 0.3 is 0 Å². The first kappa shape index (κ1) is 33.9. The smallest absolute Gasteiger partial charge is 0.145 e. The number of allylic oxidation sites excluding steroid dienone is 3. The first-order chi connectivity index (χ1) is 20.2. The normalized spacial score (nSPS) is 16.8. The summed E-state index contributed by atoms with van der Waals surface area (Å²) >= 11 is 0. The van der Waals surface area contributed by atoms with E-state index in [2.05, 4.69) is 103 Å². The van der Waals surface area contributed by atoms with E-state index in [9.17, 15) is 4.79 Å². The van der Waals surface area contributed by atoms with Gasteiger partial charge in [-0.25, -0.2) is 0 Å². The van der Waals surface area contributed by atoms with Gasteiger partial charge in [-0.15, -0.1) is 0 Å². The fourth-order valence-electron chi connectivity index (χ4n) is 6.51. The average Bonchev–Trinajstić information content (AvgIpc) is 2.90. The molecule has 228 valence electrons. The Kier molecular flexibility index (Phi) is 11.6. The highest BCUT2D eigenvalue weighted by molar-refractivity contribution is 6.14. The zero-order valence-corrected chi connectivity index (χ0v) is 27.8. The zero-order valence-electron chi connectivity index (χ0n) is 27.8. The number of aliphatic imine (C=N–C) groups is 1. The number of hydrogen-bond acceptors (Lipinski definition) is 3. The second-order valence-electron chi connectivity index (χ2n) is 13.4. The van der Waals surface area contributed by atoms with Gasteiger partial charge in [0.15, 0.2) is 0 Å². The Morgan fingerprint density at radius 2 is 1.51 bits per heavy atom. The minimum atomic E-state index is -0.356. The van der Waals surface area contributed by atoms with Crippen molar-refractivity contribution in [3.05, 3.63) is 130 Å². The Balaban J connectivity index is 0.000000765. The summed E-state index contributed by atoms with van der Waals surface area (Å²) in [6, 6.07) is 25.1. The van der Waals surface area contributed by atoms with Crippen LogP contribution in [0.25, 0.3) is 0 Å². The second kappa shape index (κ2) is 14.8. The number of ketones is 1. The number of hydrogen-bond donors (Lipinski definition) is 0. The Bertz CT molecular complexity index is 1420. The monoisotopic (exact) mass is 577 g/mol. The first-order valence-corrected chi connectivity index (χ1v) is 15.4. The van der Waals surface area contributed by atoms with Gasteiger partial charge in [-0.2, -0.15) is 0 Å². The van der Waals surface area contributed by atoms with Crippen molar-refractivity contribution in [2.24, 2.45) is 10.9 Å². The van der Waals surface area contributed by atoms with E-state index in [1.807, 2.05) is 45.2 Å². The molecule has 3 nitrogen and oxygen atoms in total. The second-order valence-corrected chi connectivity index (χ2v) is 13.4. The first-order valence-electron chi connectivity index (χ1n) is 15.4. The molecule has 1 heterocycles. The van der Waals surface area contributed by atoms with Crippen molar-refractivity contribution in [3.63, 3.8) is 0 Å². The van der Waals surface area contributed by atoms with Gasteiger partial charge in [0.2, 0.25) is 0 Å². The molecule has 1 unspecified atom stereocenters. The van der Waals surface area contributed by atoms with E-state index in [0.29, 0.717) is 6.42 Å². The molecule has 3 aromatic rings. The minimum Gasteiger partial charge on any atom is -0.370 e. The molecule has 0 saturated carbocycles. The molecular weight excluding hydrogens is 526 g/mol. The van der Waals surface area contributed by atoms with Crippen LogP contribution < -0.4 is 0 Å². The topological polar surface area (TPSA) is 38.7 Å². The highest BCUT2D eigenvalue weighted by atomic mass is 16.5. The summed E-state index contributed by atoms with van der Waals surface area (Å²) < 4.78 is 6.32. The lowest BCUT2D eigenvalue weighted by atomic mass is 9.74. The number of Topliss-reactive ketones (excluding diaryl/α,β-unsaturated/α-hetero) is 1. The van der Waals surface area contributed by atoms with Gasteiger partial charge < -0.3 is 4.74 Å². The van der Waals surface area contributed by atoms with E-state index in [1.54, 1.807) is 6.08 Å². The van der Waals surface area contributed by atoms with E-state index >= 15 is 0 Å². The van der Waals surface area contributed by atoms with E-state index in [1.165, 1.54) is 11.1 Å². The molecule has 0 bridgehead atoms. The highest BCUT2D eigenvalue weighted by Crippen LogP contribution is 2.42. The summed E-state index contributed by atoms with van der Waals surface area (Å²) in [5, 5.41) is 0. The van der Waals surface area contributed by atoms with Crippen LogP contribution in [0.5, 0.6) is 0 Å². The average molecular weight is 578 g/mol. The van der Waals surface area contributed by atoms with E-state index < -0.39 is 0 Å². The molecule has 1 aliphatic rings. The van der Waals surface area contributed by atoms with Gasteiger partial charge in [-0.3, -0.25) is 9.79 Å². The molecule has 0 aromatic heterocycles. The van der Waals surface area contributed by atoms with Crippen molar-refractivity contribution in [2.45, 2.75) is 91.8 Å². The Morgan fingerprint density at radius 3 is 2.02 bits per heavy atom. The number of rotatable bonds is 8. The molecule has 0 radical (unpaired) electrons. The quantitative estimate of drug-likeness (QED) is 0.197. The van der Waals surface area contributed by atoms with Gasteiger partial charge in [0.25, 0.3) is 0 Å². The molecule has 1 fully saturated rings. The number of aryl methyl sites for hydroxylation is 2. The van der Waals surface area contributed by atoms with E-state index in [-0.39, 0.29) is 28.8 Å². The lowest BCUT2D eigenvalue weighted by Gasteiger charge is -2.45. The lowest BCUT2D eigenvalue weighted by molar-refractivity contribution is -0.174. The predicted octanol–water partition coefficient (Wildman–Crippen LogP) is 9.98. The van der Waals surface area contributed by atoms with Crippen LogP contribution in [0.15, 0.2) is 102 Å². The third-order valence-corrected chi connectivity index (χ3v) is 7.83. The molecule has 4 rings (SSSR count). The number of nitrogens with zero attached hydrogens (tertiary/aromatic N) is 1. The minimum absolute atomic E-state index is 0.240. The fraction of sp³-hybridized carbons (Fsp3) is 0.400. The number of carbonyl (C=O) groups is 1. The molecule has 1 saturated heterocycles. The van der Waals surface area contributed by atoms with Gasteiger partial charge in [-0.05, 0) is 85.3 Å². The molecule has 43 heavy (non-hydrogen) atoms. The molecule has 0 N–H and O–H groups in total. The van der Waals surface area contributed by atoms with Crippen molar-refractivity contribution in [3.8, 4) is 0 Å². The number of carbonyl (C=O) groups excluding carboxylic acids is 1. The van der Waals surface area contributed by atoms with Gasteiger partial charge in [-0.1, -0.05) is 108 Å². The van der Waals surface area contributed by atoms with Crippen molar-refractivity contribution >= 4 is 11.5 Å². The molecule has 1 atom stereocenters. The Morgan fingerprint density at radius 1 is 0.930 bits per heavy atom. The SMILES string of the molecule is C=CC=C(C)C.CN=C(c1ccccc1)c1ccc(C)cc1C(C(=O)CC1CC(C)(C)OC(C)(C)C1)c1ccc(C)cc1. The van der Waals surface area contributed by atoms with Crippen LogP contribution in [-0.4, -0.2) is 29.7 Å².